The number of hydrogen-bond acceptors (Lipinski definition) is 5. The van der Waals surface area contributed by atoms with E-state index in [-0.39, 0.29) is 5.91 Å². The van der Waals surface area contributed by atoms with Crippen molar-refractivity contribution >= 4 is 23.0 Å². The fourth-order valence-electron chi connectivity index (χ4n) is 2.71. The third kappa shape index (κ3) is 3.69. The van der Waals surface area contributed by atoms with E-state index in [4.69, 9.17) is 0 Å². The molecule has 4 aromatic rings. The number of para-hydroxylation sites is 1. The van der Waals surface area contributed by atoms with Crippen LogP contribution in [-0.2, 0) is 0 Å². The molecule has 0 atom stereocenters. The molecule has 1 aromatic carbocycles. The predicted octanol–water partition coefficient (Wildman–Crippen LogP) is 3.46. The number of carbonyl (C=O) groups is 1. The lowest BCUT2D eigenvalue weighted by Gasteiger charge is -2.08. The first-order chi connectivity index (χ1) is 13.3. The molecule has 0 spiro atoms. The van der Waals surface area contributed by atoms with Crippen molar-refractivity contribution in [3.05, 3.63) is 90.5 Å². The highest BCUT2D eigenvalue weighted by atomic mass is 16.2. The number of pyridine rings is 3. The van der Waals surface area contributed by atoms with Gasteiger partial charge in [0.25, 0.3) is 5.91 Å². The Labute approximate surface area is 155 Å². The zero-order chi connectivity index (χ0) is 18.5. The van der Waals surface area contributed by atoms with E-state index in [2.05, 4.69) is 25.5 Å². The molecule has 4 rings (SSSR count). The summed E-state index contributed by atoms with van der Waals surface area (Å²) in [6.45, 7) is 0. The van der Waals surface area contributed by atoms with Crippen LogP contribution < -0.4 is 5.43 Å². The first-order valence-corrected chi connectivity index (χ1v) is 8.35. The quantitative estimate of drug-likeness (QED) is 0.450. The van der Waals surface area contributed by atoms with Gasteiger partial charge in [-0.15, -0.1) is 0 Å². The summed E-state index contributed by atoms with van der Waals surface area (Å²) in [6.07, 6.45) is 8.30. The maximum absolute atomic E-state index is 12.8. The van der Waals surface area contributed by atoms with Gasteiger partial charge in [0.2, 0.25) is 0 Å². The van der Waals surface area contributed by atoms with Crippen LogP contribution in [0.2, 0.25) is 0 Å². The molecule has 0 radical (unpaired) electrons. The Morgan fingerprint density at radius 1 is 0.963 bits per heavy atom. The van der Waals surface area contributed by atoms with Crippen LogP contribution in [0, 0.1) is 0 Å². The van der Waals surface area contributed by atoms with Crippen LogP contribution in [0.15, 0.2) is 84.5 Å². The Balaban J connectivity index is 1.69. The van der Waals surface area contributed by atoms with Gasteiger partial charge >= 0.3 is 0 Å². The molecule has 1 N–H and O–H groups in total. The summed E-state index contributed by atoms with van der Waals surface area (Å²) in [5.41, 5.74) is 6.23. The Kier molecular flexibility index (Phi) is 4.61. The van der Waals surface area contributed by atoms with E-state index in [1.807, 2.05) is 42.5 Å². The molecule has 0 bridgehead atoms. The van der Waals surface area contributed by atoms with E-state index in [0.29, 0.717) is 11.3 Å². The fourth-order valence-corrected chi connectivity index (χ4v) is 2.71. The number of nitrogens with one attached hydrogen (secondary N) is 1. The van der Waals surface area contributed by atoms with Gasteiger partial charge in [0.05, 0.1) is 23.0 Å². The highest BCUT2D eigenvalue weighted by Gasteiger charge is 2.13. The number of rotatable bonds is 4. The molecule has 1 amide bonds. The van der Waals surface area contributed by atoms with Crippen molar-refractivity contribution in [2.75, 3.05) is 0 Å². The SMILES string of the molecule is O=C(N/N=C/c1cccnc1)c1cc(-c2ccncc2)nc2ccccc12. The maximum atomic E-state index is 12.8. The second-order valence-corrected chi connectivity index (χ2v) is 5.79. The summed E-state index contributed by atoms with van der Waals surface area (Å²) in [6, 6.07) is 16.7. The lowest BCUT2D eigenvalue weighted by Crippen LogP contribution is -2.18. The number of carbonyl (C=O) groups excluding carboxylic acids is 1. The summed E-state index contributed by atoms with van der Waals surface area (Å²) >= 11 is 0. The van der Waals surface area contributed by atoms with Gasteiger partial charge in [-0.2, -0.15) is 5.10 Å². The van der Waals surface area contributed by atoms with Gasteiger partial charge in [-0.25, -0.2) is 10.4 Å². The van der Waals surface area contributed by atoms with Crippen LogP contribution in [0.25, 0.3) is 22.2 Å². The molecule has 0 aliphatic heterocycles. The van der Waals surface area contributed by atoms with E-state index in [9.17, 15) is 4.79 Å². The maximum Gasteiger partial charge on any atom is 0.272 e. The van der Waals surface area contributed by atoms with Crippen molar-refractivity contribution in [2.24, 2.45) is 5.10 Å². The van der Waals surface area contributed by atoms with Crippen molar-refractivity contribution in [3.8, 4) is 11.3 Å². The second-order valence-electron chi connectivity index (χ2n) is 5.79. The number of benzene rings is 1. The van der Waals surface area contributed by atoms with Gasteiger partial charge in [-0.1, -0.05) is 24.3 Å². The topological polar surface area (TPSA) is 80.1 Å². The molecule has 0 unspecified atom stereocenters. The third-order valence-electron chi connectivity index (χ3n) is 4.00. The number of hydrogen-bond donors (Lipinski definition) is 1. The largest absolute Gasteiger partial charge is 0.272 e. The predicted molar refractivity (Wildman–Crippen MR) is 104 cm³/mol. The van der Waals surface area contributed by atoms with E-state index < -0.39 is 0 Å². The average Bonchev–Trinajstić information content (AvgIpc) is 2.74. The van der Waals surface area contributed by atoms with E-state index in [1.54, 1.807) is 43.1 Å². The molecule has 130 valence electrons. The van der Waals surface area contributed by atoms with Gasteiger partial charge in [-0.3, -0.25) is 14.8 Å². The Bertz CT molecular complexity index is 1110. The second kappa shape index (κ2) is 7.53. The molecule has 0 aliphatic rings. The number of aromatic nitrogens is 3. The minimum atomic E-state index is -0.302. The molecule has 0 saturated heterocycles. The van der Waals surface area contributed by atoms with E-state index in [0.717, 1.165) is 22.0 Å². The van der Waals surface area contributed by atoms with Crippen LogP contribution in [0.4, 0.5) is 0 Å². The first-order valence-electron chi connectivity index (χ1n) is 8.35. The molecule has 6 nitrogen and oxygen atoms in total. The molecule has 6 heteroatoms. The van der Waals surface area contributed by atoms with Gasteiger partial charge in [0, 0.05) is 41.3 Å². The first kappa shape index (κ1) is 16.5. The molecule has 27 heavy (non-hydrogen) atoms. The summed E-state index contributed by atoms with van der Waals surface area (Å²) < 4.78 is 0. The molecular formula is C21H15N5O. The van der Waals surface area contributed by atoms with Crippen molar-refractivity contribution in [1.29, 1.82) is 0 Å². The zero-order valence-electron chi connectivity index (χ0n) is 14.3. The molecule has 3 aromatic heterocycles. The Morgan fingerprint density at radius 2 is 1.81 bits per heavy atom. The molecular weight excluding hydrogens is 338 g/mol. The van der Waals surface area contributed by atoms with Crippen LogP contribution in [0.5, 0.6) is 0 Å². The molecule has 0 aliphatic carbocycles. The number of fused-ring (bicyclic) bond motifs is 1. The number of hydrazone groups is 1. The van der Waals surface area contributed by atoms with Crippen molar-refractivity contribution in [2.45, 2.75) is 0 Å². The van der Waals surface area contributed by atoms with Gasteiger partial charge in [-0.05, 0) is 30.3 Å². The van der Waals surface area contributed by atoms with Crippen LogP contribution in [0.3, 0.4) is 0 Å². The highest BCUT2D eigenvalue weighted by Crippen LogP contribution is 2.24. The molecule has 0 fully saturated rings. The lowest BCUT2D eigenvalue weighted by atomic mass is 10.0. The van der Waals surface area contributed by atoms with Gasteiger partial charge in [0.1, 0.15) is 0 Å². The highest BCUT2D eigenvalue weighted by molar-refractivity contribution is 6.07. The van der Waals surface area contributed by atoms with Crippen molar-refractivity contribution < 1.29 is 4.79 Å². The summed E-state index contributed by atoms with van der Waals surface area (Å²) in [5.74, 6) is -0.302. The fraction of sp³-hybridized carbons (Fsp3) is 0. The molecule has 3 heterocycles. The van der Waals surface area contributed by atoms with E-state index >= 15 is 0 Å². The third-order valence-corrected chi connectivity index (χ3v) is 4.00. The number of nitrogens with zero attached hydrogens (tertiary/aromatic N) is 4. The Morgan fingerprint density at radius 3 is 2.63 bits per heavy atom. The van der Waals surface area contributed by atoms with Crippen molar-refractivity contribution in [1.82, 2.24) is 20.4 Å². The van der Waals surface area contributed by atoms with E-state index in [1.165, 1.54) is 0 Å². The normalized spacial score (nSPS) is 11.0. The monoisotopic (exact) mass is 353 g/mol. The van der Waals surface area contributed by atoms with Gasteiger partial charge in [0.15, 0.2) is 0 Å². The van der Waals surface area contributed by atoms with Crippen LogP contribution in [-0.4, -0.2) is 27.1 Å². The zero-order valence-corrected chi connectivity index (χ0v) is 14.3. The summed E-state index contributed by atoms with van der Waals surface area (Å²) in [5, 5.41) is 4.80. The summed E-state index contributed by atoms with van der Waals surface area (Å²) in [7, 11) is 0. The Hall–Kier alpha value is -3.93. The summed E-state index contributed by atoms with van der Waals surface area (Å²) in [4.78, 5) is 25.5. The lowest BCUT2D eigenvalue weighted by molar-refractivity contribution is 0.0956. The van der Waals surface area contributed by atoms with Crippen molar-refractivity contribution in [3.63, 3.8) is 0 Å². The minimum absolute atomic E-state index is 0.302. The standard InChI is InChI=1S/C21H15N5O/c27-21(26-24-14-15-4-3-9-23-13-15)18-12-20(16-7-10-22-11-8-16)25-19-6-2-1-5-17(18)19/h1-14H,(H,26,27)/b24-14+. The molecule has 0 saturated carbocycles. The minimum Gasteiger partial charge on any atom is -0.267 e. The smallest absolute Gasteiger partial charge is 0.267 e. The van der Waals surface area contributed by atoms with Crippen LogP contribution in [0.1, 0.15) is 15.9 Å². The average molecular weight is 353 g/mol. The van der Waals surface area contributed by atoms with Gasteiger partial charge < -0.3 is 0 Å². The van der Waals surface area contributed by atoms with Crippen LogP contribution >= 0.6 is 0 Å². The number of amides is 1.